The number of hydrogen-bond acceptors (Lipinski definition) is 5. The van der Waals surface area contributed by atoms with Crippen LogP contribution in [0, 0.1) is 5.92 Å². The van der Waals surface area contributed by atoms with Crippen LogP contribution in [0.15, 0.2) is 0 Å². The van der Waals surface area contributed by atoms with E-state index in [1.807, 2.05) is 0 Å². The first-order chi connectivity index (χ1) is 8.36. The fourth-order valence-electron chi connectivity index (χ4n) is 3.23. The number of aliphatic hydroxyl groups is 2. The van der Waals surface area contributed by atoms with Crippen molar-refractivity contribution in [3.63, 3.8) is 0 Å². The summed E-state index contributed by atoms with van der Waals surface area (Å²) < 4.78 is 15.6. The minimum Gasteiger partial charge on any atom is -0.387 e. The van der Waals surface area contributed by atoms with Gasteiger partial charge < -0.3 is 24.2 Å². The molecule has 18 heavy (non-hydrogen) atoms. The Bertz CT molecular complexity index is 320. The molecule has 2 N–H and O–H groups in total. The van der Waals surface area contributed by atoms with Gasteiger partial charge in [-0.05, 0) is 26.2 Å². The van der Waals surface area contributed by atoms with Gasteiger partial charge in [0.1, 0.15) is 0 Å². The predicted molar refractivity (Wildman–Crippen MR) is 64.2 cm³/mol. The molecule has 0 spiro atoms. The maximum absolute atomic E-state index is 10.6. The lowest BCUT2D eigenvalue weighted by atomic mass is 9.71. The van der Waals surface area contributed by atoms with Crippen LogP contribution in [0.4, 0.5) is 0 Å². The van der Waals surface area contributed by atoms with E-state index < -0.39 is 24.5 Å². The van der Waals surface area contributed by atoms with Crippen LogP contribution in [0.1, 0.15) is 52.4 Å². The molecule has 6 heteroatoms. The summed E-state index contributed by atoms with van der Waals surface area (Å²) in [4.78, 5) is 0. The Morgan fingerprint density at radius 2 is 1.67 bits per heavy atom. The van der Waals surface area contributed by atoms with E-state index in [1.165, 1.54) is 26.2 Å². The van der Waals surface area contributed by atoms with Crippen molar-refractivity contribution < 1.29 is 24.2 Å². The van der Waals surface area contributed by atoms with Crippen LogP contribution in [0.3, 0.4) is 0 Å². The Labute approximate surface area is 108 Å². The lowest BCUT2D eigenvalue weighted by molar-refractivity contribution is -0.525. The summed E-state index contributed by atoms with van der Waals surface area (Å²) >= 11 is 0. The molecule has 1 saturated carbocycles. The highest BCUT2D eigenvalue weighted by Gasteiger charge is 2.80. The van der Waals surface area contributed by atoms with E-state index in [4.69, 9.17) is 14.0 Å². The summed E-state index contributed by atoms with van der Waals surface area (Å²) in [5.41, 5.74) is -2.85. The van der Waals surface area contributed by atoms with Crippen LogP contribution in [0.25, 0.3) is 0 Å². The topological polar surface area (TPSA) is 68.2 Å². The monoisotopic (exact) mass is 256 g/mol. The van der Waals surface area contributed by atoms with Gasteiger partial charge in [-0.1, -0.05) is 32.1 Å². The van der Waals surface area contributed by atoms with Gasteiger partial charge >= 0.3 is 7.32 Å². The Morgan fingerprint density at radius 1 is 1.11 bits per heavy atom. The quantitative estimate of drug-likeness (QED) is 0.739. The molecule has 0 aromatic carbocycles. The van der Waals surface area contributed by atoms with Crippen LogP contribution < -0.4 is 0 Å². The average Bonchev–Trinajstić information content (AvgIpc) is 2.12. The molecule has 4 rings (SSSR count). The lowest BCUT2D eigenvalue weighted by Crippen LogP contribution is -2.86. The first-order valence-corrected chi connectivity index (χ1v) is 6.84. The van der Waals surface area contributed by atoms with E-state index in [2.05, 4.69) is 0 Å². The Kier molecular flexibility index (Phi) is 2.81. The molecule has 3 heterocycles. The molecule has 0 radical (unpaired) electrons. The van der Waals surface area contributed by atoms with Gasteiger partial charge in [-0.2, -0.15) is 0 Å². The van der Waals surface area contributed by atoms with Crippen LogP contribution >= 0.6 is 0 Å². The van der Waals surface area contributed by atoms with Crippen molar-refractivity contribution in [1.29, 1.82) is 0 Å². The van der Waals surface area contributed by atoms with Gasteiger partial charge in [0.15, 0.2) is 5.60 Å². The zero-order valence-electron chi connectivity index (χ0n) is 11.0. The molecule has 0 aromatic heterocycles. The smallest absolute Gasteiger partial charge is 0.387 e. The average molecular weight is 256 g/mol. The second-order valence-corrected chi connectivity index (χ2v) is 6.25. The fraction of sp³-hybridized carbons (Fsp3) is 1.00. The van der Waals surface area contributed by atoms with Crippen LogP contribution in [0.5, 0.6) is 0 Å². The molecular formula is C12H21BO5. The molecule has 2 atom stereocenters. The van der Waals surface area contributed by atoms with Crippen molar-refractivity contribution in [3.8, 4) is 0 Å². The van der Waals surface area contributed by atoms with E-state index >= 15 is 0 Å². The molecule has 4 fully saturated rings. The van der Waals surface area contributed by atoms with Gasteiger partial charge in [-0.3, -0.25) is 0 Å². The van der Waals surface area contributed by atoms with Crippen molar-refractivity contribution >= 4 is 7.32 Å². The molecule has 0 amide bonds. The van der Waals surface area contributed by atoms with Gasteiger partial charge in [0, 0.05) is 0 Å². The van der Waals surface area contributed by atoms with Gasteiger partial charge in [0.25, 0.3) is 5.97 Å². The van der Waals surface area contributed by atoms with E-state index in [0.29, 0.717) is 12.3 Å². The number of hydrogen-bond donors (Lipinski definition) is 2. The molecular weight excluding hydrogens is 235 g/mol. The van der Waals surface area contributed by atoms with Gasteiger partial charge in [0.2, 0.25) is 0 Å². The first-order valence-electron chi connectivity index (χ1n) is 6.84. The number of rotatable bonds is 4. The molecule has 3 saturated heterocycles. The Hall–Kier alpha value is -0.135. The minimum absolute atomic E-state index is 0.451. The molecule has 3 aliphatic heterocycles. The van der Waals surface area contributed by atoms with Crippen LogP contribution in [-0.2, 0) is 14.0 Å². The molecule has 2 bridgehead atoms. The van der Waals surface area contributed by atoms with Gasteiger partial charge in [0.05, 0.1) is 5.60 Å². The van der Waals surface area contributed by atoms with E-state index in [-0.39, 0.29) is 0 Å². The Morgan fingerprint density at radius 3 is 2.11 bits per heavy atom. The van der Waals surface area contributed by atoms with Gasteiger partial charge in [-0.25, -0.2) is 0 Å². The highest BCUT2D eigenvalue weighted by atomic mass is 17.1. The van der Waals surface area contributed by atoms with Crippen molar-refractivity contribution in [1.82, 2.24) is 0 Å². The maximum atomic E-state index is 10.6. The van der Waals surface area contributed by atoms with Gasteiger partial charge in [-0.15, -0.1) is 0 Å². The highest BCUT2D eigenvalue weighted by Crippen LogP contribution is 2.54. The summed E-state index contributed by atoms with van der Waals surface area (Å²) in [7, 11) is -0.651. The fourth-order valence-corrected chi connectivity index (χ4v) is 3.23. The predicted octanol–water partition coefficient (Wildman–Crippen LogP) is 1.17. The molecule has 4 aliphatic rings. The van der Waals surface area contributed by atoms with Crippen molar-refractivity contribution in [2.24, 2.45) is 5.92 Å². The SMILES string of the molecule is CC(O)(CC1CCCCC1)C(C)(O)C12OB(O1)O2. The summed E-state index contributed by atoms with van der Waals surface area (Å²) in [6.07, 6.45) is 6.46. The molecule has 102 valence electrons. The second-order valence-electron chi connectivity index (χ2n) is 6.25. The molecule has 0 aromatic rings. The third-order valence-corrected chi connectivity index (χ3v) is 4.81. The summed E-state index contributed by atoms with van der Waals surface area (Å²) in [5.74, 6) is -0.997. The minimum atomic E-state index is -1.56. The van der Waals surface area contributed by atoms with Crippen molar-refractivity contribution in [2.75, 3.05) is 0 Å². The van der Waals surface area contributed by atoms with E-state index in [1.54, 1.807) is 6.92 Å². The largest absolute Gasteiger partial charge is 0.651 e. The summed E-state index contributed by atoms with van der Waals surface area (Å²) in [6, 6.07) is 0. The molecule has 5 nitrogen and oxygen atoms in total. The molecule has 1 aliphatic carbocycles. The van der Waals surface area contributed by atoms with Crippen LogP contribution in [0.2, 0.25) is 0 Å². The summed E-state index contributed by atoms with van der Waals surface area (Å²) in [6.45, 7) is 3.16. The Balaban J connectivity index is 1.68. The molecule has 2 unspecified atom stereocenters. The van der Waals surface area contributed by atoms with E-state index in [9.17, 15) is 10.2 Å². The van der Waals surface area contributed by atoms with E-state index in [0.717, 1.165) is 12.8 Å². The maximum Gasteiger partial charge on any atom is 0.651 e. The zero-order chi connectivity index (χ0) is 13.0. The lowest BCUT2D eigenvalue weighted by Gasteiger charge is -2.64. The summed E-state index contributed by atoms with van der Waals surface area (Å²) in [5, 5.41) is 21.2. The van der Waals surface area contributed by atoms with Crippen LogP contribution in [-0.4, -0.2) is 34.7 Å². The third-order valence-electron chi connectivity index (χ3n) is 4.81. The second kappa shape index (κ2) is 3.93. The first kappa shape index (κ1) is 12.9. The standard InChI is InChI=1S/C12H21BO5/c1-10(14,8-9-6-4-3-5-7-9)11(2,15)12-16-13(17-12)18-12/h9,14-15H,3-8H2,1-2H3. The highest BCUT2D eigenvalue weighted by molar-refractivity contribution is 6.43. The zero-order valence-corrected chi connectivity index (χ0v) is 11.0. The third kappa shape index (κ3) is 1.67. The van der Waals surface area contributed by atoms with Crippen molar-refractivity contribution in [2.45, 2.75) is 69.5 Å². The normalized spacial score (nSPS) is 33.0. The van der Waals surface area contributed by atoms with Crippen molar-refractivity contribution in [3.05, 3.63) is 0 Å².